The van der Waals surface area contributed by atoms with Gasteiger partial charge < -0.3 is 25.3 Å². The number of nitrogens with two attached hydrogens (primary N) is 1. The highest BCUT2D eigenvalue weighted by Gasteiger charge is 2.35. The van der Waals surface area contributed by atoms with Crippen LogP contribution in [0.1, 0.15) is 18.4 Å². The van der Waals surface area contributed by atoms with Gasteiger partial charge in [0, 0.05) is 19.8 Å². The highest BCUT2D eigenvalue weighted by molar-refractivity contribution is 6.32. The molecule has 1 aromatic carbocycles. The summed E-state index contributed by atoms with van der Waals surface area (Å²) in [6.07, 6.45) is 1.06. The van der Waals surface area contributed by atoms with Gasteiger partial charge in [0.1, 0.15) is 13.2 Å². The smallest absolute Gasteiger partial charge is 0.240 e. The lowest BCUT2D eigenvalue weighted by Gasteiger charge is -2.31. The Morgan fingerprint density at radius 1 is 1.23 bits per heavy atom. The minimum absolute atomic E-state index is 0.165. The van der Waals surface area contributed by atoms with Crippen molar-refractivity contribution in [3.63, 3.8) is 0 Å². The van der Waals surface area contributed by atoms with E-state index in [0.717, 1.165) is 5.56 Å². The summed E-state index contributed by atoms with van der Waals surface area (Å²) in [6, 6.07) is 3.59. The van der Waals surface area contributed by atoms with Crippen LogP contribution < -0.4 is 20.5 Å². The van der Waals surface area contributed by atoms with E-state index in [9.17, 15) is 4.79 Å². The first-order valence-electron chi connectivity index (χ1n) is 7.31. The van der Waals surface area contributed by atoms with E-state index in [2.05, 4.69) is 5.32 Å². The van der Waals surface area contributed by atoms with Gasteiger partial charge >= 0.3 is 0 Å². The first-order chi connectivity index (χ1) is 10.6. The van der Waals surface area contributed by atoms with Crippen molar-refractivity contribution >= 4 is 17.5 Å². The molecule has 0 aromatic heterocycles. The number of hydrogen-bond donors (Lipinski definition) is 2. The zero-order valence-corrected chi connectivity index (χ0v) is 12.9. The molecule has 0 saturated carbocycles. The van der Waals surface area contributed by atoms with Crippen molar-refractivity contribution in [3.8, 4) is 11.5 Å². The van der Waals surface area contributed by atoms with Crippen LogP contribution in [0.3, 0.4) is 0 Å². The maximum atomic E-state index is 12.3. The van der Waals surface area contributed by atoms with Crippen LogP contribution >= 0.6 is 11.6 Å². The summed E-state index contributed by atoms with van der Waals surface area (Å²) >= 11 is 6.18. The third-order valence-electron chi connectivity index (χ3n) is 3.95. The van der Waals surface area contributed by atoms with E-state index in [-0.39, 0.29) is 5.91 Å². The third-order valence-corrected chi connectivity index (χ3v) is 4.23. The fourth-order valence-electron chi connectivity index (χ4n) is 2.59. The van der Waals surface area contributed by atoms with Crippen molar-refractivity contribution in [2.45, 2.75) is 24.9 Å². The zero-order valence-electron chi connectivity index (χ0n) is 12.2. The Labute approximate surface area is 133 Å². The first kappa shape index (κ1) is 15.4. The van der Waals surface area contributed by atoms with E-state index in [0.29, 0.717) is 62.3 Å². The number of benzene rings is 1. The molecular formula is C15H19ClN2O4. The Balaban J connectivity index is 1.66. The zero-order chi connectivity index (χ0) is 15.6. The maximum Gasteiger partial charge on any atom is 0.240 e. The van der Waals surface area contributed by atoms with Crippen molar-refractivity contribution in [1.82, 2.24) is 5.32 Å². The lowest BCUT2D eigenvalue weighted by atomic mass is 9.90. The van der Waals surface area contributed by atoms with Gasteiger partial charge in [-0.3, -0.25) is 4.79 Å². The molecule has 120 valence electrons. The molecule has 0 atom stereocenters. The summed E-state index contributed by atoms with van der Waals surface area (Å²) in [5.74, 6) is 1.00. The molecule has 0 unspecified atom stereocenters. The molecule has 3 rings (SSSR count). The number of amides is 1. The number of carbonyl (C=O) groups is 1. The van der Waals surface area contributed by atoms with Crippen LogP contribution in [0.25, 0.3) is 0 Å². The summed E-state index contributed by atoms with van der Waals surface area (Å²) < 4.78 is 16.2. The highest BCUT2D eigenvalue weighted by Crippen LogP contribution is 2.38. The Bertz CT molecular complexity index is 573. The van der Waals surface area contributed by atoms with Crippen molar-refractivity contribution in [1.29, 1.82) is 0 Å². The highest BCUT2D eigenvalue weighted by atomic mass is 35.5. The van der Waals surface area contributed by atoms with Gasteiger partial charge in [0.25, 0.3) is 0 Å². The van der Waals surface area contributed by atoms with Gasteiger partial charge in [-0.25, -0.2) is 0 Å². The van der Waals surface area contributed by atoms with Gasteiger partial charge in [-0.05, 0) is 30.5 Å². The van der Waals surface area contributed by atoms with Crippen molar-refractivity contribution in [2.24, 2.45) is 5.73 Å². The third kappa shape index (κ3) is 3.14. The summed E-state index contributed by atoms with van der Waals surface area (Å²) in [4.78, 5) is 12.3. The number of ether oxygens (including phenoxy) is 3. The van der Waals surface area contributed by atoms with Crippen molar-refractivity contribution in [2.75, 3.05) is 26.4 Å². The Hall–Kier alpha value is -1.50. The average Bonchev–Trinajstić information content (AvgIpc) is 2.53. The van der Waals surface area contributed by atoms with Crippen molar-refractivity contribution in [3.05, 3.63) is 22.7 Å². The SMILES string of the molecule is NC1(C(=O)NCc2cc(Cl)c3c(c2)OCCO3)CCOCC1. The molecule has 3 N–H and O–H groups in total. The number of hydrogen-bond acceptors (Lipinski definition) is 5. The number of rotatable bonds is 3. The van der Waals surface area contributed by atoms with Crippen LogP contribution in [-0.4, -0.2) is 37.9 Å². The van der Waals surface area contributed by atoms with Gasteiger partial charge in [0.15, 0.2) is 11.5 Å². The standard InChI is InChI=1S/C15H19ClN2O4/c16-11-7-10(8-12-13(11)22-6-5-21-12)9-18-14(19)15(17)1-3-20-4-2-15/h7-8H,1-6,9,17H2,(H,18,19). The number of halogens is 1. The van der Waals surface area contributed by atoms with Gasteiger partial charge in [-0.15, -0.1) is 0 Å². The maximum absolute atomic E-state index is 12.3. The molecule has 6 nitrogen and oxygen atoms in total. The van der Waals surface area contributed by atoms with Crippen LogP contribution in [0.5, 0.6) is 11.5 Å². The van der Waals surface area contributed by atoms with Crippen LogP contribution in [-0.2, 0) is 16.1 Å². The minimum Gasteiger partial charge on any atom is -0.486 e. The summed E-state index contributed by atoms with van der Waals surface area (Å²) in [6.45, 7) is 2.35. The van der Waals surface area contributed by atoms with Crippen LogP contribution in [0, 0.1) is 0 Å². The largest absolute Gasteiger partial charge is 0.486 e. The molecule has 1 saturated heterocycles. The number of carbonyl (C=O) groups excluding carboxylic acids is 1. The van der Waals surface area contributed by atoms with Gasteiger partial charge in [-0.1, -0.05) is 11.6 Å². The lowest BCUT2D eigenvalue weighted by molar-refractivity contribution is -0.129. The van der Waals surface area contributed by atoms with E-state index in [1.165, 1.54) is 0 Å². The summed E-state index contributed by atoms with van der Waals surface area (Å²) in [5, 5.41) is 3.35. The average molecular weight is 327 g/mol. The fraction of sp³-hybridized carbons (Fsp3) is 0.533. The predicted molar refractivity (Wildman–Crippen MR) is 81.3 cm³/mol. The Morgan fingerprint density at radius 3 is 2.73 bits per heavy atom. The van der Waals surface area contributed by atoms with Gasteiger partial charge in [-0.2, -0.15) is 0 Å². The Kier molecular flexibility index (Phi) is 4.42. The molecule has 2 heterocycles. The summed E-state index contributed by atoms with van der Waals surface area (Å²) in [7, 11) is 0. The quantitative estimate of drug-likeness (QED) is 0.873. The monoisotopic (exact) mass is 326 g/mol. The van der Waals surface area contributed by atoms with Crippen LogP contribution in [0.15, 0.2) is 12.1 Å². The van der Waals surface area contributed by atoms with Crippen molar-refractivity contribution < 1.29 is 19.0 Å². The molecule has 0 radical (unpaired) electrons. The van der Waals surface area contributed by atoms with E-state index >= 15 is 0 Å². The van der Waals surface area contributed by atoms with Gasteiger partial charge in [0.05, 0.1) is 10.6 Å². The molecule has 0 aliphatic carbocycles. The number of nitrogens with one attached hydrogen (secondary N) is 1. The molecule has 0 spiro atoms. The van der Waals surface area contributed by atoms with Gasteiger partial charge in [0.2, 0.25) is 5.91 Å². The molecule has 1 aromatic rings. The second-order valence-electron chi connectivity index (χ2n) is 5.55. The Morgan fingerprint density at radius 2 is 1.95 bits per heavy atom. The fourth-order valence-corrected chi connectivity index (χ4v) is 2.88. The normalized spacial score (nSPS) is 19.5. The molecular weight excluding hydrogens is 308 g/mol. The summed E-state index contributed by atoms with van der Waals surface area (Å²) in [5.41, 5.74) is 6.14. The minimum atomic E-state index is -0.851. The van der Waals surface area contributed by atoms with E-state index in [4.69, 9.17) is 31.5 Å². The van der Waals surface area contributed by atoms with E-state index in [1.54, 1.807) is 6.07 Å². The number of fused-ring (bicyclic) bond motifs is 1. The molecule has 2 aliphatic rings. The van der Waals surface area contributed by atoms with E-state index in [1.807, 2.05) is 6.07 Å². The molecule has 0 bridgehead atoms. The van der Waals surface area contributed by atoms with Crippen LogP contribution in [0.2, 0.25) is 5.02 Å². The molecule has 22 heavy (non-hydrogen) atoms. The lowest BCUT2D eigenvalue weighted by Crippen LogP contribution is -2.56. The first-order valence-corrected chi connectivity index (χ1v) is 7.69. The molecule has 2 aliphatic heterocycles. The van der Waals surface area contributed by atoms with E-state index < -0.39 is 5.54 Å². The topological polar surface area (TPSA) is 82.8 Å². The molecule has 1 fully saturated rings. The van der Waals surface area contributed by atoms with Crippen LogP contribution in [0.4, 0.5) is 0 Å². The second kappa shape index (κ2) is 6.32. The molecule has 1 amide bonds. The molecule has 7 heteroatoms. The predicted octanol–water partition coefficient (Wildman–Crippen LogP) is 1.24. The second-order valence-corrected chi connectivity index (χ2v) is 5.96.